The van der Waals surface area contributed by atoms with Crippen LogP contribution in [0.1, 0.15) is 49.0 Å². The van der Waals surface area contributed by atoms with Gasteiger partial charge in [-0.05, 0) is 50.5 Å². The van der Waals surface area contributed by atoms with Crippen molar-refractivity contribution in [2.75, 3.05) is 0 Å². The Balaban J connectivity index is 1.74. The largest absolute Gasteiger partial charge is 0.482 e. The normalized spacial score (nSPS) is 16.4. The first-order chi connectivity index (χ1) is 9.13. The molecule has 1 saturated carbocycles. The van der Waals surface area contributed by atoms with E-state index in [-0.39, 0.29) is 6.10 Å². The van der Waals surface area contributed by atoms with Crippen molar-refractivity contribution >= 4 is 11.6 Å². The van der Waals surface area contributed by atoms with E-state index in [1.807, 2.05) is 32.0 Å². The van der Waals surface area contributed by atoms with Crippen LogP contribution in [-0.2, 0) is 0 Å². The van der Waals surface area contributed by atoms with Gasteiger partial charge in [0.2, 0.25) is 0 Å². The molecule has 1 fully saturated rings. The van der Waals surface area contributed by atoms with E-state index in [1.165, 1.54) is 12.8 Å². The zero-order chi connectivity index (χ0) is 13.4. The molecule has 0 amide bonds. The van der Waals surface area contributed by atoms with Crippen LogP contribution in [0.3, 0.4) is 0 Å². The van der Waals surface area contributed by atoms with Crippen molar-refractivity contribution in [3.05, 3.63) is 40.4 Å². The molecule has 0 spiro atoms. The maximum atomic E-state index is 5.93. The van der Waals surface area contributed by atoms with E-state index in [1.54, 1.807) is 0 Å². The van der Waals surface area contributed by atoms with E-state index in [4.69, 9.17) is 16.3 Å². The van der Waals surface area contributed by atoms with Gasteiger partial charge in [0.05, 0.1) is 0 Å². The Morgan fingerprint density at radius 3 is 2.89 bits per heavy atom. The van der Waals surface area contributed by atoms with E-state index < -0.39 is 0 Å². The fraction of sp³-hybridized carbons (Fsp3) is 0.429. The fourth-order valence-electron chi connectivity index (χ4n) is 2.00. The molecule has 5 heteroatoms. The Kier molecular flexibility index (Phi) is 3.19. The van der Waals surface area contributed by atoms with Gasteiger partial charge in [-0.25, -0.2) is 4.98 Å². The monoisotopic (exact) mass is 277 g/mol. The summed E-state index contributed by atoms with van der Waals surface area (Å²) < 4.78 is 5.90. The molecule has 0 aliphatic heterocycles. The molecule has 1 aliphatic carbocycles. The van der Waals surface area contributed by atoms with Crippen LogP contribution in [0, 0.1) is 6.92 Å². The number of hydrogen-bond donors (Lipinski definition) is 1. The molecular weight excluding hydrogens is 262 g/mol. The Morgan fingerprint density at radius 1 is 1.42 bits per heavy atom. The average Bonchev–Trinajstić information content (AvgIpc) is 3.10. The lowest BCUT2D eigenvalue weighted by Gasteiger charge is -2.13. The van der Waals surface area contributed by atoms with Crippen LogP contribution in [0.2, 0.25) is 5.02 Å². The second kappa shape index (κ2) is 4.85. The van der Waals surface area contributed by atoms with E-state index in [2.05, 4.69) is 15.2 Å². The van der Waals surface area contributed by atoms with Crippen LogP contribution >= 0.6 is 11.6 Å². The molecule has 1 N–H and O–H groups in total. The number of benzene rings is 1. The second-order valence-corrected chi connectivity index (χ2v) is 5.46. The Hall–Kier alpha value is -1.55. The molecule has 0 saturated heterocycles. The molecule has 4 nitrogen and oxygen atoms in total. The second-order valence-electron chi connectivity index (χ2n) is 5.02. The number of nitrogens with zero attached hydrogens (tertiary/aromatic N) is 2. The van der Waals surface area contributed by atoms with Gasteiger partial charge >= 0.3 is 0 Å². The van der Waals surface area contributed by atoms with Gasteiger partial charge in [0.25, 0.3) is 0 Å². The number of hydrogen-bond acceptors (Lipinski definition) is 3. The van der Waals surface area contributed by atoms with Crippen molar-refractivity contribution < 1.29 is 4.74 Å². The molecule has 0 bridgehead atoms. The van der Waals surface area contributed by atoms with Crippen molar-refractivity contribution in [2.24, 2.45) is 0 Å². The highest BCUT2D eigenvalue weighted by Crippen LogP contribution is 2.38. The molecule has 19 heavy (non-hydrogen) atoms. The summed E-state index contributed by atoms with van der Waals surface area (Å²) in [5.74, 6) is 3.08. The number of aromatic nitrogens is 3. The zero-order valence-corrected chi connectivity index (χ0v) is 11.7. The standard InChI is InChI=1S/C14H16ClN3O/c1-8-7-11(15)5-6-12(8)19-9(2)13-16-14(18-17-13)10-3-4-10/h5-7,9-10H,3-4H2,1-2H3,(H,16,17,18). The first-order valence-corrected chi connectivity index (χ1v) is 6.86. The van der Waals surface area contributed by atoms with Gasteiger partial charge in [-0.1, -0.05) is 11.6 Å². The smallest absolute Gasteiger partial charge is 0.191 e. The topological polar surface area (TPSA) is 50.8 Å². The van der Waals surface area contributed by atoms with Crippen LogP contribution in [0.25, 0.3) is 0 Å². The highest BCUT2D eigenvalue weighted by Gasteiger charge is 2.28. The SMILES string of the molecule is Cc1cc(Cl)ccc1OC(C)c1n[nH]c(C2CC2)n1. The predicted octanol–water partition coefficient (Wildman–Crippen LogP) is 3.78. The van der Waals surface area contributed by atoms with Crippen molar-refractivity contribution in [3.63, 3.8) is 0 Å². The molecule has 1 atom stereocenters. The quantitative estimate of drug-likeness (QED) is 0.925. The van der Waals surface area contributed by atoms with Gasteiger partial charge in [0, 0.05) is 10.9 Å². The number of halogens is 1. The van der Waals surface area contributed by atoms with E-state index >= 15 is 0 Å². The third kappa shape index (κ3) is 2.73. The summed E-state index contributed by atoms with van der Waals surface area (Å²) in [5, 5.41) is 7.94. The number of aromatic amines is 1. The molecule has 1 unspecified atom stereocenters. The summed E-state index contributed by atoms with van der Waals surface area (Å²) >= 11 is 5.93. The summed E-state index contributed by atoms with van der Waals surface area (Å²) in [7, 11) is 0. The molecule has 2 aromatic rings. The van der Waals surface area contributed by atoms with Gasteiger partial charge in [-0.2, -0.15) is 5.10 Å². The summed E-state index contributed by atoms with van der Waals surface area (Å²) in [6.07, 6.45) is 2.24. The van der Waals surface area contributed by atoms with Crippen LogP contribution in [0.15, 0.2) is 18.2 Å². The van der Waals surface area contributed by atoms with Gasteiger partial charge in [0.1, 0.15) is 11.6 Å². The van der Waals surface area contributed by atoms with Crippen molar-refractivity contribution in [3.8, 4) is 5.75 Å². The van der Waals surface area contributed by atoms with Gasteiger partial charge < -0.3 is 4.74 Å². The lowest BCUT2D eigenvalue weighted by atomic mass is 10.2. The summed E-state index contributed by atoms with van der Waals surface area (Å²) in [6.45, 7) is 3.93. The average molecular weight is 278 g/mol. The van der Waals surface area contributed by atoms with Gasteiger partial charge in [-0.15, -0.1) is 0 Å². The van der Waals surface area contributed by atoms with Crippen LogP contribution in [0.5, 0.6) is 5.75 Å². The number of aryl methyl sites for hydroxylation is 1. The zero-order valence-electron chi connectivity index (χ0n) is 11.0. The van der Waals surface area contributed by atoms with Gasteiger partial charge in [-0.3, -0.25) is 5.10 Å². The first-order valence-electron chi connectivity index (χ1n) is 6.48. The van der Waals surface area contributed by atoms with Crippen LogP contribution in [0.4, 0.5) is 0 Å². The molecule has 1 aromatic carbocycles. The lowest BCUT2D eigenvalue weighted by Crippen LogP contribution is -2.06. The number of H-pyrrole nitrogens is 1. The van der Waals surface area contributed by atoms with Crippen LogP contribution < -0.4 is 4.74 Å². The third-order valence-corrected chi connectivity index (χ3v) is 3.52. The number of ether oxygens (including phenoxy) is 1. The minimum absolute atomic E-state index is 0.177. The molecule has 100 valence electrons. The number of nitrogens with one attached hydrogen (secondary N) is 1. The Bertz CT molecular complexity index is 592. The highest BCUT2D eigenvalue weighted by molar-refractivity contribution is 6.30. The van der Waals surface area contributed by atoms with Crippen LogP contribution in [-0.4, -0.2) is 15.2 Å². The Morgan fingerprint density at radius 2 is 2.21 bits per heavy atom. The first kappa shape index (κ1) is 12.5. The summed E-state index contributed by atoms with van der Waals surface area (Å²) in [6, 6.07) is 5.59. The molecule has 1 aromatic heterocycles. The molecule has 0 radical (unpaired) electrons. The molecular formula is C14H16ClN3O. The lowest BCUT2D eigenvalue weighted by molar-refractivity contribution is 0.215. The summed E-state index contributed by atoms with van der Waals surface area (Å²) in [4.78, 5) is 4.50. The maximum absolute atomic E-state index is 5.93. The van der Waals surface area contributed by atoms with E-state index in [0.29, 0.717) is 16.8 Å². The van der Waals surface area contributed by atoms with Gasteiger partial charge in [0.15, 0.2) is 11.9 Å². The van der Waals surface area contributed by atoms with Crippen molar-refractivity contribution in [2.45, 2.75) is 38.7 Å². The molecule has 1 heterocycles. The minimum Gasteiger partial charge on any atom is -0.482 e. The Labute approximate surface area is 117 Å². The summed E-state index contributed by atoms with van der Waals surface area (Å²) in [5.41, 5.74) is 1.01. The minimum atomic E-state index is -0.177. The fourth-order valence-corrected chi connectivity index (χ4v) is 2.22. The van der Waals surface area contributed by atoms with E-state index in [0.717, 1.165) is 17.1 Å². The highest BCUT2D eigenvalue weighted by atomic mass is 35.5. The number of rotatable bonds is 4. The third-order valence-electron chi connectivity index (χ3n) is 3.29. The van der Waals surface area contributed by atoms with E-state index in [9.17, 15) is 0 Å². The molecule has 1 aliphatic rings. The predicted molar refractivity (Wildman–Crippen MR) is 73.6 cm³/mol. The molecule has 3 rings (SSSR count). The van der Waals surface area contributed by atoms with Crippen molar-refractivity contribution in [1.82, 2.24) is 15.2 Å². The maximum Gasteiger partial charge on any atom is 0.191 e. The van der Waals surface area contributed by atoms with Crippen molar-refractivity contribution in [1.29, 1.82) is 0 Å².